The smallest absolute Gasteiger partial charge is 0.0765 e. The number of nitrogens with two attached hydrogens (primary N) is 1. The van der Waals surface area contributed by atoms with Crippen LogP contribution in [0, 0.1) is 5.41 Å². The van der Waals surface area contributed by atoms with Crippen LogP contribution in [0.15, 0.2) is 71.8 Å². The van der Waals surface area contributed by atoms with Gasteiger partial charge in [0.1, 0.15) is 0 Å². The van der Waals surface area contributed by atoms with Crippen molar-refractivity contribution in [3.8, 4) is 11.1 Å². The van der Waals surface area contributed by atoms with Crippen molar-refractivity contribution >= 4 is 6.34 Å². The average Bonchev–Trinajstić information content (AvgIpc) is 3.21. The first kappa shape index (κ1) is 26.9. The van der Waals surface area contributed by atoms with E-state index in [4.69, 9.17) is 5.41 Å². The number of hydrogen-bond donors (Lipinski definition) is 3. The van der Waals surface area contributed by atoms with Crippen LogP contribution < -0.4 is 11.1 Å². The average molecular weight is 473 g/mol. The summed E-state index contributed by atoms with van der Waals surface area (Å²) in [5, 5.41) is 9.57. The van der Waals surface area contributed by atoms with Gasteiger partial charge in [-0.2, -0.15) is 0 Å². The summed E-state index contributed by atoms with van der Waals surface area (Å²) < 4.78 is 0. The summed E-state index contributed by atoms with van der Waals surface area (Å²) in [4.78, 5) is 2.63. The normalized spacial score (nSPS) is 16.4. The fourth-order valence-electron chi connectivity index (χ4n) is 5.61. The Balaban J connectivity index is 0.00000108. The SMILES string of the molecule is C=C1CCCC/C1=C(/C)CCCCNCCN(CC)C1c2ccccc2-c2ccccc21.N=CN. The number of hydrogen-bond acceptors (Lipinski definition) is 3. The number of likely N-dealkylation sites (N-methyl/N-ethyl adjacent to an activating group) is 1. The van der Waals surface area contributed by atoms with Gasteiger partial charge in [0.25, 0.3) is 0 Å². The van der Waals surface area contributed by atoms with Gasteiger partial charge in [-0.25, -0.2) is 0 Å². The summed E-state index contributed by atoms with van der Waals surface area (Å²) in [5.74, 6) is 0. The molecule has 2 aromatic carbocycles. The number of nitrogens with zero attached hydrogens (tertiary/aromatic N) is 1. The minimum absolute atomic E-state index is 0.382. The lowest BCUT2D eigenvalue weighted by Crippen LogP contribution is -2.35. The number of rotatable bonds is 10. The molecule has 35 heavy (non-hydrogen) atoms. The molecule has 188 valence electrons. The first-order valence-corrected chi connectivity index (χ1v) is 13.3. The number of fused-ring (bicyclic) bond motifs is 3. The Morgan fingerprint density at radius 3 is 2.23 bits per heavy atom. The first-order chi connectivity index (χ1) is 17.1. The molecule has 0 aliphatic heterocycles. The standard InChI is InChI=1S/C30H40N2.CH4N2/c1-4-32(30-28-18-9-7-16-26(28)27-17-8-10-19-29(27)30)22-21-31-20-12-11-14-24(3)25-15-6-5-13-23(25)2;2-1-3/h7-10,16-19,30-31H,2,4-6,11-15,20-22H2,1,3H3;1H,(H3,2,3)/b25-24+;. The van der Waals surface area contributed by atoms with E-state index in [1.807, 2.05) is 0 Å². The molecule has 0 atom stereocenters. The van der Waals surface area contributed by atoms with E-state index in [1.165, 1.54) is 72.8 Å². The van der Waals surface area contributed by atoms with Crippen molar-refractivity contribution in [2.24, 2.45) is 5.73 Å². The van der Waals surface area contributed by atoms with Crippen LogP contribution in [0.5, 0.6) is 0 Å². The van der Waals surface area contributed by atoms with Gasteiger partial charge in [0.15, 0.2) is 0 Å². The monoisotopic (exact) mass is 472 g/mol. The molecule has 0 radical (unpaired) electrons. The maximum absolute atomic E-state index is 5.86. The Kier molecular flexibility index (Phi) is 10.8. The fraction of sp³-hybridized carbons (Fsp3) is 0.452. The second-order valence-corrected chi connectivity index (χ2v) is 9.65. The highest BCUT2D eigenvalue weighted by atomic mass is 15.2. The summed E-state index contributed by atoms with van der Waals surface area (Å²) >= 11 is 0. The Hall–Kier alpha value is -2.69. The molecule has 2 aliphatic rings. The van der Waals surface area contributed by atoms with Crippen molar-refractivity contribution in [3.63, 3.8) is 0 Å². The molecule has 4 N–H and O–H groups in total. The van der Waals surface area contributed by atoms with Crippen molar-refractivity contribution in [3.05, 3.63) is 83.0 Å². The number of unbranched alkanes of at least 4 members (excludes halogenated alkanes) is 1. The van der Waals surface area contributed by atoms with Gasteiger partial charge < -0.3 is 11.1 Å². The van der Waals surface area contributed by atoms with Crippen LogP contribution in [0.2, 0.25) is 0 Å². The summed E-state index contributed by atoms with van der Waals surface area (Å²) in [5.41, 5.74) is 14.7. The lowest BCUT2D eigenvalue weighted by molar-refractivity contribution is 0.241. The van der Waals surface area contributed by atoms with Gasteiger partial charge in [-0.3, -0.25) is 10.3 Å². The van der Waals surface area contributed by atoms with E-state index in [1.54, 1.807) is 11.1 Å². The molecule has 0 saturated heterocycles. The van der Waals surface area contributed by atoms with Crippen LogP contribution in [-0.2, 0) is 0 Å². The Labute approximate surface area is 212 Å². The molecule has 1 saturated carbocycles. The summed E-state index contributed by atoms with van der Waals surface area (Å²) in [6.07, 6.45) is 9.63. The van der Waals surface area contributed by atoms with Gasteiger partial charge in [-0.15, -0.1) is 0 Å². The van der Waals surface area contributed by atoms with Crippen LogP contribution in [0.4, 0.5) is 0 Å². The first-order valence-electron chi connectivity index (χ1n) is 13.3. The summed E-state index contributed by atoms with van der Waals surface area (Å²) in [6.45, 7) is 13.2. The molecular weight excluding hydrogens is 428 g/mol. The summed E-state index contributed by atoms with van der Waals surface area (Å²) in [6, 6.07) is 18.3. The van der Waals surface area contributed by atoms with E-state index in [0.717, 1.165) is 32.5 Å². The maximum atomic E-state index is 5.86. The molecule has 0 amide bonds. The minimum atomic E-state index is 0.382. The van der Waals surface area contributed by atoms with E-state index in [2.05, 4.69) is 84.9 Å². The van der Waals surface area contributed by atoms with Crippen molar-refractivity contribution < 1.29 is 0 Å². The predicted octanol–water partition coefficient (Wildman–Crippen LogP) is 6.84. The van der Waals surface area contributed by atoms with Crippen LogP contribution in [0.1, 0.15) is 76.0 Å². The third-order valence-electron chi connectivity index (χ3n) is 7.40. The van der Waals surface area contributed by atoms with E-state index in [0.29, 0.717) is 6.04 Å². The molecule has 0 bridgehead atoms. The quantitative estimate of drug-likeness (QED) is 0.201. The van der Waals surface area contributed by atoms with Gasteiger partial charge in [0, 0.05) is 13.1 Å². The molecule has 0 unspecified atom stereocenters. The van der Waals surface area contributed by atoms with Gasteiger partial charge in [-0.05, 0) is 92.8 Å². The van der Waals surface area contributed by atoms with Crippen molar-refractivity contribution in [1.29, 1.82) is 5.41 Å². The molecule has 4 heteroatoms. The number of nitrogens with one attached hydrogen (secondary N) is 2. The van der Waals surface area contributed by atoms with E-state index < -0.39 is 0 Å². The molecule has 4 nitrogen and oxygen atoms in total. The van der Waals surface area contributed by atoms with Crippen molar-refractivity contribution in [1.82, 2.24) is 10.2 Å². The number of allylic oxidation sites excluding steroid dienone is 3. The van der Waals surface area contributed by atoms with Crippen LogP contribution in [-0.4, -0.2) is 37.4 Å². The molecule has 0 aromatic heterocycles. The van der Waals surface area contributed by atoms with Crippen molar-refractivity contribution in [2.45, 2.75) is 64.8 Å². The zero-order valence-corrected chi connectivity index (χ0v) is 21.8. The Morgan fingerprint density at radius 2 is 1.63 bits per heavy atom. The van der Waals surface area contributed by atoms with E-state index >= 15 is 0 Å². The van der Waals surface area contributed by atoms with Crippen LogP contribution in [0.25, 0.3) is 11.1 Å². The van der Waals surface area contributed by atoms with Gasteiger partial charge in [0.2, 0.25) is 0 Å². The third-order valence-corrected chi connectivity index (χ3v) is 7.40. The lowest BCUT2D eigenvalue weighted by Gasteiger charge is -2.29. The van der Waals surface area contributed by atoms with Crippen LogP contribution >= 0.6 is 0 Å². The summed E-state index contributed by atoms with van der Waals surface area (Å²) in [7, 11) is 0. The Bertz CT molecular complexity index is 961. The third kappa shape index (κ3) is 6.93. The molecule has 0 spiro atoms. The molecule has 0 heterocycles. The van der Waals surface area contributed by atoms with Gasteiger partial charge in [-0.1, -0.05) is 73.2 Å². The second-order valence-electron chi connectivity index (χ2n) is 9.65. The molecule has 4 rings (SSSR count). The van der Waals surface area contributed by atoms with E-state index in [-0.39, 0.29) is 0 Å². The topological polar surface area (TPSA) is 65.1 Å². The molecular formula is C31H44N4. The molecule has 1 fully saturated rings. The zero-order valence-electron chi connectivity index (χ0n) is 21.8. The Morgan fingerprint density at radius 1 is 1.03 bits per heavy atom. The van der Waals surface area contributed by atoms with Crippen LogP contribution in [0.3, 0.4) is 0 Å². The highest BCUT2D eigenvalue weighted by molar-refractivity contribution is 5.78. The fourth-order valence-corrected chi connectivity index (χ4v) is 5.61. The predicted molar refractivity (Wildman–Crippen MR) is 151 cm³/mol. The zero-order chi connectivity index (χ0) is 25.0. The van der Waals surface area contributed by atoms with E-state index in [9.17, 15) is 0 Å². The minimum Gasteiger partial charge on any atom is -0.390 e. The van der Waals surface area contributed by atoms with Gasteiger partial charge >= 0.3 is 0 Å². The second kappa shape index (κ2) is 14.0. The highest BCUT2D eigenvalue weighted by Crippen LogP contribution is 2.45. The molecule has 2 aliphatic carbocycles. The molecule has 2 aromatic rings. The highest BCUT2D eigenvalue weighted by Gasteiger charge is 2.31. The largest absolute Gasteiger partial charge is 0.390 e. The number of benzene rings is 2. The maximum Gasteiger partial charge on any atom is 0.0765 e. The van der Waals surface area contributed by atoms with Gasteiger partial charge in [0.05, 0.1) is 12.4 Å². The van der Waals surface area contributed by atoms with Crippen molar-refractivity contribution in [2.75, 3.05) is 26.2 Å². The lowest BCUT2D eigenvalue weighted by atomic mass is 9.86.